The van der Waals surface area contributed by atoms with Crippen molar-refractivity contribution in [1.82, 2.24) is 14.9 Å². The molecule has 1 saturated heterocycles. The molecule has 0 atom stereocenters. The molecule has 0 N–H and O–H groups in total. The summed E-state index contributed by atoms with van der Waals surface area (Å²) in [6, 6.07) is 13.9. The van der Waals surface area contributed by atoms with Gasteiger partial charge in [-0.2, -0.15) is 0 Å². The van der Waals surface area contributed by atoms with Gasteiger partial charge in [0.25, 0.3) is 0 Å². The first-order chi connectivity index (χ1) is 14.2. The Morgan fingerprint density at radius 2 is 1.69 bits per heavy atom. The third-order valence-electron chi connectivity index (χ3n) is 5.33. The molecular formula is C25H24ClN3. The molecular weight excluding hydrogens is 378 g/mol. The third-order valence-corrected chi connectivity index (χ3v) is 5.58. The van der Waals surface area contributed by atoms with Crippen molar-refractivity contribution in [3.05, 3.63) is 82.4 Å². The molecule has 3 aromatic rings. The third kappa shape index (κ3) is 5.23. The van der Waals surface area contributed by atoms with Crippen molar-refractivity contribution < 1.29 is 0 Å². The summed E-state index contributed by atoms with van der Waals surface area (Å²) in [6.07, 6.45) is 7.39. The summed E-state index contributed by atoms with van der Waals surface area (Å²) in [5, 5.41) is 0.732. The highest BCUT2D eigenvalue weighted by Gasteiger charge is 2.12. The zero-order chi connectivity index (χ0) is 20.1. The molecule has 0 amide bonds. The largest absolute Gasteiger partial charge is 0.303 e. The normalized spacial score (nSPS) is 13.9. The lowest BCUT2D eigenvalue weighted by Gasteiger charge is -2.14. The molecule has 0 saturated carbocycles. The fraction of sp³-hybridized carbons (Fsp3) is 0.280. The van der Waals surface area contributed by atoms with Crippen molar-refractivity contribution in [2.45, 2.75) is 26.2 Å². The van der Waals surface area contributed by atoms with Gasteiger partial charge in [-0.3, -0.25) is 4.98 Å². The first-order valence-corrected chi connectivity index (χ1v) is 10.5. The van der Waals surface area contributed by atoms with Crippen LogP contribution in [0, 0.1) is 18.8 Å². The molecule has 1 aliphatic heterocycles. The Kier molecular flexibility index (Phi) is 6.24. The summed E-state index contributed by atoms with van der Waals surface area (Å²) >= 11 is 5.95. The Morgan fingerprint density at radius 3 is 2.38 bits per heavy atom. The van der Waals surface area contributed by atoms with Gasteiger partial charge in [0.05, 0.1) is 0 Å². The van der Waals surface area contributed by atoms with E-state index in [1.165, 1.54) is 37.2 Å². The predicted molar refractivity (Wildman–Crippen MR) is 119 cm³/mol. The lowest BCUT2D eigenvalue weighted by molar-refractivity contribution is 0.342. The van der Waals surface area contributed by atoms with Crippen LogP contribution in [-0.4, -0.2) is 34.5 Å². The van der Waals surface area contributed by atoms with Crippen molar-refractivity contribution in [3.8, 4) is 23.0 Å². The molecule has 0 spiro atoms. The van der Waals surface area contributed by atoms with Crippen LogP contribution >= 0.6 is 11.6 Å². The fourth-order valence-corrected chi connectivity index (χ4v) is 3.75. The zero-order valence-electron chi connectivity index (χ0n) is 16.7. The van der Waals surface area contributed by atoms with Crippen LogP contribution in [-0.2, 0) is 6.42 Å². The topological polar surface area (TPSA) is 29.0 Å². The van der Waals surface area contributed by atoms with E-state index in [1.807, 2.05) is 48.8 Å². The number of aromatic nitrogens is 2. The number of hydrogen-bond donors (Lipinski definition) is 0. The van der Waals surface area contributed by atoms with Crippen LogP contribution in [0.5, 0.6) is 0 Å². The smallest absolute Gasteiger partial charge is 0.113 e. The summed E-state index contributed by atoms with van der Waals surface area (Å²) in [7, 11) is 0. The van der Waals surface area contributed by atoms with Crippen LogP contribution < -0.4 is 0 Å². The highest BCUT2D eigenvalue weighted by Crippen LogP contribution is 2.20. The maximum absolute atomic E-state index is 5.95. The van der Waals surface area contributed by atoms with Gasteiger partial charge in [-0.05, 0) is 74.2 Å². The Balaban J connectivity index is 1.41. The molecule has 146 valence electrons. The molecule has 0 bridgehead atoms. The summed E-state index contributed by atoms with van der Waals surface area (Å²) in [5.41, 5.74) is 6.20. The SMILES string of the molecule is Cc1cc(C#Cc2ccc(-c3ccc(Cl)cc3)cn2)cnc1CCN1CCCC1. The van der Waals surface area contributed by atoms with Gasteiger partial charge in [0.1, 0.15) is 5.69 Å². The quantitative estimate of drug-likeness (QED) is 0.566. The summed E-state index contributed by atoms with van der Waals surface area (Å²) in [5.74, 6) is 6.33. The molecule has 2 aromatic heterocycles. The van der Waals surface area contributed by atoms with Crippen molar-refractivity contribution in [2.24, 2.45) is 0 Å². The van der Waals surface area contributed by atoms with Crippen LogP contribution in [0.25, 0.3) is 11.1 Å². The molecule has 1 fully saturated rings. The zero-order valence-corrected chi connectivity index (χ0v) is 17.4. The van der Waals surface area contributed by atoms with Gasteiger partial charge in [0.2, 0.25) is 0 Å². The summed E-state index contributed by atoms with van der Waals surface area (Å²) < 4.78 is 0. The molecule has 1 aromatic carbocycles. The van der Waals surface area contributed by atoms with Gasteiger partial charge in [-0.15, -0.1) is 0 Å². The number of likely N-dealkylation sites (tertiary alicyclic amines) is 1. The molecule has 29 heavy (non-hydrogen) atoms. The Labute approximate surface area is 177 Å². The first-order valence-electron chi connectivity index (χ1n) is 10.1. The second-order valence-electron chi connectivity index (χ2n) is 7.48. The number of hydrogen-bond acceptors (Lipinski definition) is 3. The van der Waals surface area contributed by atoms with Crippen LogP contribution in [0.2, 0.25) is 5.02 Å². The van der Waals surface area contributed by atoms with Gasteiger partial charge >= 0.3 is 0 Å². The minimum atomic E-state index is 0.732. The van der Waals surface area contributed by atoms with E-state index >= 15 is 0 Å². The van der Waals surface area contributed by atoms with Crippen molar-refractivity contribution >= 4 is 11.6 Å². The monoisotopic (exact) mass is 401 g/mol. The molecule has 1 aliphatic rings. The van der Waals surface area contributed by atoms with Crippen LogP contribution in [0.15, 0.2) is 54.9 Å². The number of pyridine rings is 2. The van der Waals surface area contributed by atoms with Crippen molar-refractivity contribution in [1.29, 1.82) is 0 Å². The Bertz CT molecular complexity index is 1020. The van der Waals surface area contributed by atoms with Gasteiger partial charge in [0, 0.05) is 47.2 Å². The predicted octanol–water partition coefficient (Wildman–Crippen LogP) is 5.14. The van der Waals surface area contributed by atoms with E-state index in [0.29, 0.717) is 0 Å². The van der Waals surface area contributed by atoms with Gasteiger partial charge in [-0.1, -0.05) is 35.7 Å². The fourth-order valence-electron chi connectivity index (χ4n) is 3.62. The Hall–Kier alpha value is -2.67. The Morgan fingerprint density at radius 1 is 0.931 bits per heavy atom. The van der Waals surface area contributed by atoms with E-state index in [-0.39, 0.29) is 0 Å². The van der Waals surface area contributed by atoms with Crippen LogP contribution in [0.4, 0.5) is 0 Å². The van der Waals surface area contributed by atoms with E-state index in [4.69, 9.17) is 11.6 Å². The molecule has 0 aliphatic carbocycles. The second-order valence-corrected chi connectivity index (χ2v) is 7.91. The highest BCUT2D eigenvalue weighted by atomic mass is 35.5. The highest BCUT2D eigenvalue weighted by molar-refractivity contribution is 6.30. The number of halogens is 1. The van der Waals surface area contributed by atoms with Crippen molar-refractivity contribution in [3.63, 3.8) is 0 Å². The lowest BCUT2D eigenvalue weighted by atomic mass is 10.1. The average Bonchev–Trinajstić information content (AvgIpc) is 3.26. The minimum Gasteiger partial charge on any atom is -0.303 e. The maximum Gasteiger partial charge on any atom is 0.113 e. The maximum atomic E-state index is 5.95. The second kappa shape index (κ2) is 9.22. The summed E-state index contributed by atoms with van der Waals surface area (Å²) in [6.45, 7) is 5.68. The number of nitrogens with zero attached hydrogens (tertiary/aromatic N) is 3. The standard InChI is InChI=1S/C25H24ClN3/c1-19-16-20(17-28-25(19)12-15-29-13-2-3-14-29)4-10-24-11-7-22(18-27-24)21-5-8-23(26)9-6-21/h5-9,11,16-18H,2-3,12-15H2,1H3. The van der Waals surface area contributed by atoms with Gasteiger partial charge < -0.3 is 4.90 Å². The van der Waals surface area contributed by atoms with E-state index in [2.05, 4.69) is 39.7 Å². The van der Waals surface area contributed by atoms with E-state index < -0.39 is 0 Å². The molecule has 4 heteroatoms. The number of benzene rings is 1. The van der Waals surface area contributed by atoms with Crippen molar-refractivity contribution in [2.75, 3.05) is 19.6 Å². The molecule has 4 rings (SSSR count). The molecule has 3 heterocycles. The first kappa shape index (κ1) is 19.6. The minimum absolute atomic E-state index is 0.732. The number of rotatable bonds is 4. The van der Waals surface area contributed by atoms with E-state index in [1.54, 1.807) is 0 Å². The summed E-state index contributed by atoms with van der Waals surface area (Å²) in [4.78, 5) is 11.6. The van der Waals surface area contributed by atoms with Gasteiger partial charge in [0.15, 0.2) is 0 Å². The van der Waals surface area contributed by atoms with E-state index in [0.717, 1.165) is 40.4 Å². The van der Waals surface area contributed by atoms with Crippen LogP contribution in [0.1, 0.15) is 35.4 Å². The molecule has 0 unspecified atom stereocenters. The molecule has 3 nitrogen and oxygen atoms in total. The van der Waals surface area contributed by atoms with Crippen LogP contribution in [0.3, 0.4) is 0 Å². The van der Waals surface area contributed by atoms with E-state index in [9.17, 15) is 0 Å². The lowest BCUT2D eigenvalue weighted by Crippen LogP contribution is -2.22. The average molecular weight is 402 g/mol. The van der Waals surface area contributed by atoms with Gasteiger partial charge in [-0.25, -0.2) is 4.98 Å². The number of aryl methyl sites for hydroxylation is 1. The molecule has 0 radical (unpaired) electrons.